The van der Waals surface area contributed by atoms with Crippen molar-refractivity contribution in [2.75, 3.05) is 6.61 Å². The van der Waals surface area contributed by atoms with E-state index >= 15 is 0 Å². The summed E-state index contributed by atoms with van der Waals surface area (Å²) in [5, 5.41) is 0. The standard InChI is InChI=1S/C15H26O5/c1-6-18-13(17)15(19-11(2)16)9-7-12(8-10-15)20-14(3,4)5/h12H,6-10H2,1-5H3. The van der Waals surface area contributed by atoms with E-state index < -0.39 is 17.5 Å². The smallest absolute Gasteiger partial charge is 0.350 e. The first kappa shape index (κ1) is 17.0. The van der Waals surface area contributed by atoms with Gasteiger partial charge in [0.05, 0.1) is 18.3 Å². The Hall–Kier alpha value is -1.10. The lowest BCUT2D eigenvalue weighted by atomic mass is 9.82. The molecule has 0 amide bonds. The summed E-state index contributed by atoms with van der Waals surface area (Å²) in [7, 11) is 0. The van der Waals surface area contributed by atoms with Crippen LogP contribution in [0.2, 0.25) is 0 Å². The van der Waals surface area contributed by atoms with Crippen LogP contribution < -0.4 is 0 Å². The molecule has 1 aliphatic carbocycles. The second-order valence-electron chi connectivity index (χ2n) is 6.24. The lowest BCUT2D eigenvalue weighted by Gasteiger charge is -2.39. The van der Waals surface area contributed by atoms with E-state index in [0.717, 1.165) is 0 Å². The fraction of sp³-hybridized carbons (Fsp3) is 0.867. The molecule has 116 valence electrons. The van der Waals surface area contributed by atoms with Gasteiger partial charge in [0.25, 0.3) is 0 Å². The number of carbonyl (C=O) groups is 2. The Morgan fingerprint density at radius 2 is 1.75 bits per heavy atom. The summed E-state index contributed by atoms with van der Waals surface area (Å²) < 4.78 is 16.3. The Morgan fingerprint density at radius 1 is 1.20 bits per heavy atom. The lowest BCUT2D eigenvalue weighted by molar-refractivity contribution is -0.190. The molecule has 0 aromatic heterocycles. The van der Waals surface area contributed by atoms with Crippen molar-refractivity contribution in [2.45, 2.75) is 77.6 Å². The first-order valence-electron chi connectivity index (χ1n) is 7.23. The highest BCUT2D eigenvalue weighted by molar-refractivity contribution is 5.83. The maximum Gasteiger partial charge on any atom is 0.350 e. The SMILES string of the molecule is CCOC(=O)C1(OC(C)=O)CCC(OC(C)(C)C)CC1. The molecule has 1 aliphatic rings. The maximum atomic E-state index is 12.1. The van der Waals surface area contributed by atoms with Crippen molar-refractivity contribution in [3.05, 3.63) is 0 Å². The van der Waals surface area contributed by atoms with Gasteiger partial charge in [0.1, 0.15) is 0 Å². The predicted molar refractivity (Wildman–Crippen MR) is 74.2 cm³/mol. The van der Waals surface area contributed by atoms with Gasteiger partial charge < -0.3 is 14.2 Å². The molecule has 0 spiro atoms. The third-order valence-corrected chi connectivity index (χ3v) is 3.25. The van der Waals surface area contributed by atoms with Gasteiger partial charge >= 0.3 is 11.9 Å². The summed E-state index contributed by atoms with van der Waals surface area (Å²) in [6, 6.07) is 0. The Labute approximate surface area is 121 Å². The van der Waals surface area contributed by atoms with Crippen LogP contribution in [0.1, 0.15) is 60.3 Å². The van der Waals surface area contributed by atoms with Crippen molar-refractivity contribution in [1.29, 1.82) is 0 Å². The Morgan fingerprint density at radius 3 is 2.15 bits per heavy atom. The average Bonchev–Trinajstić information content (AvgIpc) is 2.29. The normalized spacial score (nSPS) is 26.9. The van der Waals surface area contributed by atoms with Crippen LogP contribution in [0, 0.1) is 0 Å². The summed E-state index contributed by atoms with van der Waals surface area (Å²) in [6.07, 6.45) is 2.36. The molecule has 20 heavy (non-hydrogen) atoms. The number of hydrogen-bond donors (Lipinski definition) is 0. The zero-order valence-electron chi connectivity index (χ0n) is 13.2. The molecule has 1 saturated carbocycles. The molecule has 0 aromatic carbocycles. The van der Waals surface area contributed by atoms with Crippen LogP contribution in [0.15, 0.2) is 0 Å². The number of carbonyl (C=O) groups excluding carboxylic acids is 2. The van der Waals surface area contributed by atoms with Crippen LogP contribution in [-0.4, -0.2) is 35.9 Å². The quantitative estimate of drug-likeness (QED) is 0.743. The van der Waals surface area contributed by atoms with Crippen LogP contribution >= 0.6 is 0 Å². The summed E-state index contributed by atoms with van der Waals surface area (Å²) in [5.74, 6) is -0.891. The summed E-state index contributed by atoms with van der Waals surface area (Å²) in [4.78, 5) is 23.4. The maximum absolute atomic E-state index is 12.1. The van der Waals surface area contributed by atoms with E-state index in [1.54, 1.807) is 6.92 Å². The molecule has 1 rings (SSSR count). The van der Waals surface area contributed by atoms with E-state index in [1.165, 1.54) is 6.92 Å². The molecule has 0 saturated heterocycles. The minimum Gasteiger partial charge on any atom is -0.463 e. The number of hydrogen-bond acceptors (Lipinski definition) is 5. The molecular formula is C15H26O5. The molecule has 0 aromatic rings. The topological polar surface area (TPSA) is 61.8 Å². The Balaban J connectivity index is 2.71. The van der Waals surface area contributed by atoms with Gasteiger partial charge in [0.2, 0.25) is 5.60 Å². The summed E-state index contributed by atoms with van der Waals surface area (Å²) in [6.45, 7) is 9.36. The van der Waals surface area contributed by atoms with Gasteiger partial charge in [-0.25, -0.2) is 4.79 Å². The van der Waals surface area contributed by atoms with E-state index in [2.05, 4.69) is 0 Å². The first-order valence-corrected chi connectivity index (χ1v) is 7.23. The molecule has 0 atom stereocenters. The summed E-state index contributed by atoms with van der Waals surface area (Å²) >= 11 is 0. The largest absolute Gasteiger partial charge is 0.463 e. The zero-order chi connectivity index (χ0) is 15.4. The highest BCUT2D eigenvalue weighted by atomic mass is 16.6. The zero-order valence-corrected chi connectivity index (χ0v) is 13.2. The van der Waals surface area contributed by atoms with E-state index in [-0.39, 0.29) is 18.3 Å². The van der Waals surface area contributed by atoms with Gasteiger partial charge in [-0.3, -0.25) is 4.79 Å². The molecule has 0 aliphatic heterocycles. The van der Waals surface area contributed by atoms with Crippen molar-refractivity contribution >= 4 is 11.9 Å². The minimum absolute atomic E-state index is 0.0908. The van der Waals surface area contributed by atoms with Crippen LogP contribution in [0.25, 0.3) is 0 Å². The van der Waals surface area contributed by atoms with Crippen molar-refractivity contribution in [3.8, 4) is 0 Å². The fourth-order valence-electron chi connectivity index (χ4n) is 2.56. The van der Waals surface area contributed by atoms with E-state index in [0.29, 0.717) is 25.7 Å². The fourth-order valence-corrected chi connectivity index (χ4v) is 2.56. The predicted octanol–water partition coefficient (Wildman–Crippen LogP) is 2.61. The Kier molecular flexibility index (Phi) is 5.57. The molecule has 0 radical (unpaired) electrons. The average molecular weight is 286 g/mol. The lowest BCUT2D eigenvalue weighted by Crippen LogP contribution is -2.48. The molecule has 0 N–H and O–H groups in total. The number of esters is 2. The first-order chi connectivity index (χ1) is 9.18. The van der Waals surface area contributed by atoms with Gasteiger partial charge in [0.15, 0.2) is 0 Å². The van der Waals surface area contributed by atoms with Crippen LogP contribution in [0.5, 0.6) is 0 Å². The van der Waals surface area contributed by atoms with E-state index in [4.69, 9.17) is 14.2 Å². The summed E-state index contributed by atoms with van der Waals surface area (Å²) in [5.41, 5.74) is -1.34. The van der Waals surface area contributed by atoms with E-state index in [9.17, 15) is 9.59 Å². The molecule has 5 heteroatoms. The molecular weight excluding hydrogens is 260 g/mol. The van der Waals surface area contributed by atoms with E-state index in [1.807, 2.05) is 20.8 Å². The molecule has 0 unspecified atom stereocenters. The highest BCUT2D eigenvalue weighted by Crippen LogP contribution is 2.35. The Bertz CT molecular complexity index is 348. The van der Waals surface area contributed by atoms with Crippen LogP contribution in [0.3, 0.4) is 0 Å². The van der Waals surface area contributed by atoms with Crippen molar-refractivity contribution in [2.24, 2.45) is 0 Å². The second-order valence-corrected chi connectivity index (χ2v) is 6.24. The van der Waals surface area contributed by atoms with Gasteiger partial charge in [-0.1, -0.05) is 0 Å². The van der Waals surface area contributed by atoms with Crippen molar-refractivity contribution < 1.29 is 23.8 Å². The molecule has 0 bridgehead atoms. The van der Waals surface area contributed by atoms with Crippen molar-refractivity contribution in [3.63, 3.8) is 0 Å². The van der Waals surface area contributed by atoms with Gasteiger partial charge in [-0.05, 0) is 40.5 Å². The van der Waals surface area contributed by atoms with Crippen molar-refractivity contribution in [1.82, 2.24) is 0 Å². The second kappa shape index (κ2) is 6.57. The molecule has 0 heterocycles. The number of rotatable bonds is 4. The highest BCUT2D eigenvalue weighted by Gasteiger charge is 2.47. The van der Waals surface area contributed by atoms with Gasteiger partial charge in [-0.15, -0.1) is 0 Å². The van der Waals surface area contributed by atoms with Crippen LogP contribution in [-0.2, 0) is 23.8 Å². The van der Waals surface area contributed by atoms with Crippen LogP contribution in [0.4, 0.5) is 0 Å². The molecule has 1 fully saturated rings. The van der Waals surface area contributed by atoms with Gasteiger partial charge in [0, 0.05) is 19.8 Å². The third-order valence-electron chi connectivity index (χ3n) is 3.25. The number of ether oxygens (including phenoxy) is 3. The monoisotopic (exact) mass is 286 g/mol. The minimum atomic E-state index is -1.13. The van der Waals surface area contributed by atoms with Gasteiger partial charge in [-0.2, -0.15) is 0 Å². The third kappa shape index (κ3) is 4.78. The molecule has 5 nitrogen and oxygen atoms in total.